The Morgan fingerprint density at radius 1 is 0.889 bits per heavy atom. The zero-order valence-electron chi connectivity index (χ0n) is 10.00. The van der Waals surface area contributed by atoms with Crippen molar-refractivity contribution in [3.05, 3.63) is 65.7 Å². The Balaban J connectivity index is 2.19. The second-order valence-corrected chi connectivity index (χ2v) is 6.02. The zero-order chi connectivity index (χ0) is 13.0. The topological polar surface area (TPSA) is 34.1 Å². The Hall–Kier alpha value is -1.87. The molecule has 0 spiro atoms. The van der Waals surface area contributed by atoms with Gasteiger partial charge in [0.2, 0.25) is 0 Å². The fourth-order valence-corrected chi connectivity index (χ4v) is 2.16. The smallest absolute Gasteiger partial charge is 0.175 e. The molecule has 0 aliphatic heterocycles. The van der Waals surface area contributed by atoms with Gasteiger partial charge in [0.05, 0.1) is 4.90 Å². The molecule has 2 rings (SSSR count). The minimum Gasteiger partial charge on any atom is -0.224 e. The van der Waals surface area contributed by atoms with Crippen LogP contribution in [0.25, 0.3) is 12.2 Å². The summed E-state index contributed by atoms with van der Waals surface area (Å²) in [6, 6.07) is 17.4. The second-order valence-electron chi connectivity index (χ2n) is 4.01. The minimum atomic E-state index is -3.11. The summed E-state index contributed by atoms with van der Waals surface area (Å²) in [5.41, 5.74) is 2.05. The molecule has 0 heterocycles. The molecule has 1 radical (unpaired) electrons. The maximum Gasteiger partial charge on any atom is 0.175 e. The summed E-state index contributed by atoms with van der Waals surface area (Å²) in [7, 11) is -3.11. The van der Waals surface area contributed by atoms with Crippen LogP contribution in [0.15, 0.2) is 53.4 Å². The molecule has 3 heteroatoms. The number of hydrogen-bond acceptors (Lipinski definition) is 2. The third kappa shape index (κ3) is 3.31. The molecule has 0 aliphatic carbocycles. The zero-order valence-corrected chi connectivity index (χ0v) is 10.8. The van der Waals surface area contributed by atoms with E-state index in [0.29, 0.717) is 4.90 Å². The van der Waals surface area contributed by atoms with Crippen molar-refractivity contribution in [3.63, 3.8) is 0 Å². The molecule has 0 bridgehead atoms. The van der Waals surface area contributed by atoms with E-state index >= 15 is 0 Å². The Bertz CT molecular complexity index is 639. The van der Waals surface area contributed by atoms with Gasteiger partial charge < -0.3 is 0 Å². The van der Waals surface area contributed by atoms with Gasteiger partial charge in [-0.2, -0.15) is 0 Å². The highest BCUT2D eigenvalue weighted by Crippen LogP contribution is 2.12. The molecule has 0 atom stereocenters. The molecule has 0 N–H and O–H groups in total. The average Bonchev–Trinajstić information content (AvgIpc) is 2.37. The average molecular weight is 257 g/mol. The van der Waals surface area contributed by atoms with Crippen molar-refractivity contribution >= 4 is 22.0 Å². The largest absolute Gasteiger partial charge is 0.224 e. The second kappa shape index (κ2) is 5.19. The Kier molecular flexibility index (Phi) is 3.63. The summed E-state index contributed by atoms with van der Waals surface area (Å²) in [4.78, 5) is 0.342. The molecule has 0 aromatic heterocycles. The molecule has 0 aliphatic rings. The van der Waals surface area contributed by atoms with E-state index in [1.165, 1.54) is 6.26 Å². The van der Waals surface area contributed by atoms with Gasteiger partial charge in [-0.25, -0.2) is 8.42 Å². The van der Waals surface area contributed by atoms with Crippen LogP contribution in [0.3, 0.4) is 0 Å². The predicted octanol–water partition coefficient (Wildman–Crippen LogP) is 3.06. The normalized spacial score (nSPS) is 11.8. The highest BCUT2D eigenvalue weighted by Gasteiger charge is 2.04. The van der Waals surface area contributed by atoms with Crippen molar-refractivity contribution in [1.82, 2.24) is 0 Å². The van der Waals surface area contributed by atoms with E-state index in [4.69, 9.17) is 0 Å². The lowest BCUT2D eigenvalue weighted by atomic mass is 10.1. The molecule has 18 heavy (non-hydrogen) atoms. The molecular weight excluding hydrogens is 244 g/mol. The van der Waals surface area contributed by atoms with Crippen molar-refractivity contribution in [2.24, 2.45) is 0 Å². The predicted molar refractivity (Wildman–Crippen MR) is 73.8 cm³/mol. The lowest BCUT2D eigenvalue weighted by Gasteiger charge is -1.98. The van der Waals surface area contributed by atoms with Gasteiger partial charge in [0.1, 0.15) is 0 Å². The van der Waals surface area contributed by atoms with Gasteiger partial charge in [0, 0.05) is 6.26 Å². The first-order valence-corrected chi connectivity index (χ1v) is 7.39. The van der Waals surface area contributed by atoms with Gasteiger partial charge >= 0.3 is 0 Å². The van der Waals surface area contributed by atoms with Gasteiger partial charge in [-0.3, -0.25) is 0 Å². The third-order valence-corrected chi connectivity index (χ3v) is 3.65. The van der Waals surface area contributed by atoms with Crippen LogP contribution in [0.2, 0.25) is 0 Å². The van der Waals surface area contributed by atoms with Crippen molar-refractivity contribution in [2.75, 3.05) is 6.26 Å². The Morgan fingerprint density at radius 3 is 1.89 bits per heavy atom. The van der Waals surface area contributed by atoms with Crippen LogP contribution in [0, 0.1) is 6.07 Å². The minimum absolute atomic E-state index is 0.342. The molecule has 0 amide bonds. The molecular formula is C15H13O2S. The Labute approximate surface area is 108 Å². The fraction of sp³-hybridized carbons (Fsp3) is 0.0667. The first-order chi connectivity index (χ1) is 8.55. The number of benzene rings is 2. The molecule has 2 aromatic carbocycles. The van der Waals surface area contributed by atoms with Gasteiger partial charge in [-0.1, -0.05) is 48.6 Å². The van der Waals surface area contributed by atoms with Crippen molar-refractivity contribution < 1.29 is 8.42 Å². The van der Waals surface area contributed by atoms with E-state index in [-0.39, 0.29) is 0 Å². The molecule has 2 nitrogen and oxygen atoms in total. The summed E-state index contributed by atoms with van der Waals surface area (Å²) in [6.07, 6.45) is 5.13. The molecule has 0 saturated heterocycles. The number of hydrogen-bond donors (Lipinski definition) is 0. The number of sulfone groups is 1. The molecule has 0 saturated carbocycles. The summed E-state index contributed by atoms with van der Waals surface area (Å²) in [5.74, 6) is 0. The highest BCUT2D eigenvalue weighted by atomic mass is 32.2. The standard InChI is InChI=1S/C15H13O2S/c1-18(16,17)15-11-9-14(10-12-15)8-7-13-5-3-2-4-6-13/h3-12H,1H3. The quantitative estimate of drug-likeness (QED) is 0.792. The third-order valence-electron chi connectivity index (χ3n) is 2.52. The monoisotopic (exact) mass is 257 g/mol. The van der Waals surface area contributed by atoms with E-state index in [9.17, 15) is 8.42 Å². The SMILES string of the molecule is CS(=O)(=O)c1ccc(C=Cc2cc[c]cc2)cc1. The summed E-state index contributed by atoms with van der Waals surface area (Å²) in [6.45, 7) is 0. The van der Waals surface area contributed by atoms with E-state index in [2.05, 4.69) is 6.07 Å². The van der Waals surface area contributed by atoms with Crippen molar-refractivity contribution in [2.45, 2.75) is 4.90 Å². The summed E-state index contributed by atoms with van der Waals surface area (Å²) in [5, 5.41) is 0. The van der Waals surface area contributed by atoms with E-state index in [0.717, 1.165) is 11.1 Å². The molecule has 0 unspecified atom stereocenters. The van der Waals surface area contributed by atoms with Gasteiger partial charge in [0.25, 0.3) is 0 Å². The van der Waals surface area contributed by atoms with Crippen LogP contribution in [0.5, 0.6) is 0 Å². The maximum atomic E-state index is 11.3. The lowest BCUT2D eigenvalue weighted by Crippen LogP contribution is -1.95. The molecule has 91 valence electrons. The lowest BCUT2D eigenvalue weighted by molar-refractivity contribution is 0.602. The highest BCUT2D eigenvalue weighted by molar-refractivity contribution is 7.90. The van der Waals surface area contributed by atoms with Crippen LogP contribution in [0.4, 0.5) is 0 Å². The van der Waals surface area contributed by atoms with Crippen LogP contribution >= 0.6 is 0 Å². The number of rotatable bonds is 3. The maximum absolute atomic E-state index is 11.3. The van der Waals surface area contributed by atoms with Gasteiger partial charge in [0.15, 0.2) is 9.84 Å². The summed E-state index contributed by atoms with van der Waals surface area (Å²) < 4.78 is 22.6. The van der Waals surface area contributed by atoms with E-state index in [1.807, 2.05) is 36.4 Å². The van der Waals surface area contributed by atoms with Gasteiger partial charge in [-0.15, -0.1) is 0 Å². The fourth-order valence-electron chi connectivity index (χ4n) is 1.53. The van der Waals surface area contributed by atoms with E-state index < -0.39 is 9.84 Å². The Morgan fingerprint density at radius 2 is 1.39 bits per heavy atom. The molecule has 0 fully saturated rings. The van der Waals surface area contributed by atoms with E-state index in [1.54, 1.807) is 24.3 Å². The summed E-state index contributed by atoms with van der Waals surface area (Å²) >= 11 is 0. The first kappa shape index (κ1) is 12.6. The van der Waals surface area contributed by atoms with Gasteiger partial charge in [-0.05, 0) is 29.3 Å². The first-order valence-electron chi connectivity index (χ1n) is 5.50. The van der Waals surface area contributed by atoms with Crippen LogP contribution < -0.4 is 0 Å². The van der Waals surface area contributed by atoms with Crippen LogP contribution in [0.1, 0.15) is 11.1 Å². The van der Waals surface area contributed by atoms with Crippen LogP contribution in [-0.2, 0) is 9.84 Å². The van der Waals surface area contributed by atoms with Crippen molar-refractivity contribution in [3.8, 4) is 0 Å². The molecule has 2 aromatic rings. The van der Waals surface area contributed by atoms with Crippen LogP contribution in [-0.4, -0.2) is 14.7 Å². The van der Waals surface area contributed by atoms with Crippen molar-refractivity contribution in [1.29, 1.82) is 0 Å².